The zero-order valence-electron chi connectivity index (χ0n) is 25.4. The molecular weight excluding hydrogens is 594 g/mol. The molecule has 1 aliphatic rings. The molecule has 4 rings (SSSR count). The third-order valence-electron chi connectivity index (χ3n) is 7.54. The van der Waals surface area contributed by atoms with Crippen LogP contribution in [0, 0.1) is 18.3 Å². The minimum Gasteiger partial charge on any atom is -0.355 e. The molecule has 2 atom stereocenters. The van der Waals surface area contributed by atoms with Crippen LogP contribution in [0.4, 0.5) is 0 Å². The summed E-state index contributed by atoms with van der Waals surface area (Å²) in [5, 5.41) is 11.1. The molecule has 2 unspecified atom stereocenters. The van der Waals surface area contributed by atoms with Gasteiger partial charge < -0.3 is 15.1 Å². The average Bonchev–Trinajstić information content (AvgIpc) is 3.03. The molecule has 1 aliphatic heterocycles. The number of nitrogens with one attached hydrogen (secondary N) is 4. The Hall–Kier alpha value is -4.55. The number of hydroxylamine groups is 1. The second kappa shape index (κ2) is 15.4. The van der Waals surface area contributed by atoms with Crippen molar-refractivity contribution < 1.29 is 27.6 Å². The van der Waals surface area contributed by atoms with Crippen LogP contribution in [0.15, 0.2) is 83.8 Å². The molecule has 1 fully saturated rings. The first-order valence-corrected chi connectivity index (χ1v) is 16.3. The smallest absolute Gasteiger partial charge is 0.329 e. The Kier molecular flexibility index (Phi) is 11.4. The van der Waals surface area contributed by atoms with Crippen molar-refractivity contribution in [1.29, 1.82) is 5.41 Å². The van der Waals surface area contributed by atoms with E-state index in [0.717, 1.165) is 11.1 Å². The Morgan fingerprint density at radius 3 is 2.42 bits per heavy atom. The van der Waals surface area contributed by atoms with Crippen LogP contribution in [0.1, 0.15) is 42.0 Å². The highest BCUT2D eigenvalue weighted by Crippen LogP contribution is 2.20. The molecule has 0 aromatic heterocycles. The molecular formula is C33H39N5O6S. The molecule has 0 aliphatic carbocycles. The summed E-state index contributed by atoms with van der Waals surface area (Å²) in [6, 6.07) is 21.6. The highest BCUT2D eigenvalue weighted by molar-refractivity contribution is 7.89. The van der Waals surface area contributed by atoms with Gasteiger partial charge in [0.25, 0.3) is 0 Å². The standard InChI is InChI=1S/C33H39N5O6S/c1-23-13-15-29(16-14-23)45(42,43)37-30(21-26-10-6-11-27(20-26)31(34)36-44-24(2)39)33(41)38-19-7-12-28(22-38)32(40)35-18-17-25-8-4-3-5-9-25/h3-6,8-11,13-16,20,28,30,37H,7,12,17-19,21-22H2,1-2H3,(H2,34,36)(H,35,40). The van der Waals surface area contributed by atoms with Crippen molar-refractivity contribution in [1.82, 2.24) is 20.4 Å². The summed E-state index contributed by atoms with van der Waals surface area (Å²) < 4.78 is 29.5. The summed E-state index contributed by atoms with van der Waals surface area (Å²) in [7, 11) is -4.08. The van der Waals surface area contributed by atoms with Crippen molar-refractivity contribution in [2.45, 2.75) is 50.5 Å². The SMILES string of the molecule is CC(=O)ONC(=N)c1cccc(CC(NS(=O)(=O)c2ccc(C)cc2)C(=O)N2CCCC(C(=O)NCCc3ccccc3)C2)c1. The third-order valence-corrected chi connectivity index (χ3v) is 9.03. The number of piperidine rings is 1. The van der Waals surface area contributed by atoms with Crippen LogP contribution in [-0.2, 0) is 42.1 Å². The van der Waals surface area contributed by atoms with E-state index in [0.29, 0.717) is 43.5 Å². The first-order chi connectivity index (χ1) is 21.5. The number of aryl methyl sites for hydroxylation is 1. The van der Waals surface area contributed by atoms with Gasteiger partial charge in [0.1, 0.15) is 6.04 Å². The van der Waals surface area contributed by atoms with Crippen molar-refractivity contribution in [3.05, 3.63) is 101 Å². The highest BCUT2D eigenvalue weighted by Gasteiger charge is 2.34. The van der Waals surface area contributed by atoms with E-state index in [1.807, 2.05) is 37.3 Å². The number of sulfonamides is 1. The van der Waals surface area contributed by atoms with Gasteiger partial charge in [-0.25, -0.2) is 13.9 Å². The Morgan fingerprint density at radius 1 is 1.00 bits per heavy atom. The fourth-order valence-corrected chi connectivity index (χ4v) is 6.34. The number of hydrogen-bond acceptors (Lipinski definition) is 7. The van der Waals surface area contributed by atoms with Gasteiger partial charge in [0.2, 0.25) is 21.8 Å². The third kappa shape index (κ3) is 9.72. The van der Waals surface area contributed by atoms with Gasteiger partial charge in [-0.15, -0.1) is 0 Å². The Labute approximate surface area is 263 Å². The normalized spacial score (nSPS) is 15.5. The molecule has 3 aromatic carbocycles. The number of rotatable bonds is 11. The van der Waals surface area contributed by atoms with E-state index in [1.165, 1.54) is 19.1 Å². The Bertz CT molecular complexity index is 1610. The van der Waals surface area contributed by atoms with Gasteiger partial charge in [0.15, 0.2) is 5.84 Å². The summed E-state index contributed by atoms with van der Waals surface area (Å²) in [6.45, 7) is 4.10. The molecule has 0 radical (unpaired) electrons. The zero-order valence-corrected chi connectivity index (χ0v) is 26.2. The van der Waals surface area contributed by atoms with Crippen LogP contribution in [0.2, 0.25) is 0 Å². The van der Waals surface area contributed by atoms with Crippen molar-refractivity contribution in [3.8, 4) is 0 Å². The monoisotopic (exact) mass is 633 g/mol. The maximum Gasteiger partial charge on any atom is 0.329 e. The number of amides is 2. The lowest BCUT2D eigenvalue weighted by molar-refractivity contribution is -0.145. The van der Waals surface area contributed by atoms with Crippen molar-refractivity contribution in [2.24, 2.45) is 5.92 Å². The van der Waals surface area contributed by atoms with Crippen molar-refractivity contribution in [2.75, 3.05) is 19.6 Å². The molecule has 2 amide bonds. The first kappa shape index (κ1) is 33.3. The molecule has 1 heterocycles. The van der Waals surface area contributed by atoms with Gasteiger partial charge in [0.05, 0.1) is 10.8 Å². The fraction of sp³-hybridized carbons (Fsp3) is 0.333. The van der Waals surface area contributed by atoms with E-state index in [9.17, 15) is 22.8 Å². The second-order valence-electron chi connectivity index (χ2n) is 11.1. The topological polar surface area (TPSA) is 158 Å². The van der Waals surface area contributed by atoms with E-state index in [-0.39, 0.29) is 29.6 Å². The summed E-state index contributed by atoms with van der Waals surface area (Å²) in [6.07, 6.45) is 1.91. The van der Waals surface area contributed by atoms with Crippen molar-refractivity contribution >= 4 is 33.6 Å². The van der Waals surface area contributed by atoms with Crippen LogP contribution < -0.4 is 15.5 Å². The molecule has 45 heavy (non-hydrogen) atoms. The minimum atomic E-state index is -4.08. The maximum atomic E-state index is 14.0. The number of nitrogens with zero attached hydrogens (tertiary/aromatic N) is 1. The molecule has 0 saturated carbocycles. The van der Waals surface area contributed by atoms with Gasteiger partial charge in [-0.2, -0.15) is 4.72 Å². The van der Waals surface area contributed by atoms with E-state index in [1.54, 1.807) is 41.3 Å². The quantitative estimate of drug-likeness (QED) is 0.144. The number of hydrogen-bond donors (Lipinski definition) is 4. The van der Waals surface area contributed by atoms with Gasteiger partial charge in [0, 0.05) is 32.1 Å². The van der Waals surface area contributed by atoms with Gasteiger partial charge in [-0.1, -0.05) is 66.2 Å². The second-order valence-corrected chi connectivity index (χ2v) is 12.8. The lowest BCUT2D eigenvalue weighted by Crippen LogP contribution is -2.53. The first-order valence-electron chi connectivity index (χ1n) is 14.8. The molecule has 12 heteroatoms. The Balaban J connectivity index is 1.50. The number of benzene rings is 3. The van der Waals surface area contributed by atoms with Crippen molar-refractivity contribution in [3.63, 3.8) is 0 Å². The number of carbonyl (C=O) groups is 3. The van der Waals surface area contributed by atoms with Crippen LogP contribution in [-0.4, -0.2) is 62.6 Å². The lowest BCUT2D eigenvalue weighted by atomic mass is 9.95. The zero-order chi connectivity index (χ0) is 32.4. The lowest BCUT2D eigenvalue weighted by Gasteiger charge is -2.34. The largest absolute Gasteiger partial charge is 0.355 e. The maximum absolute atomic E-state index is 14.0. The summed E-state index contributed by atoms with van der Waals surface area (Å²) >= 11 is 0. The molecule has 0 spiro atoms. The predicted molar refractivity (Wildman–Crippen MR) is 170 cm³/mol. The van der Waals surface area contributed by atoms with Gasteiger partial charge >= 0.3 is 5.97 Å². The van der Waals surface area contributed by atoms with Crippen LogP contribution in [0.5, 0.6) is 0 Å². The molecule has 4 N–H and O–H groups in total. The summed E-state index contributed by atoms with van der Waals surface area (Å²) in [5.41, 5.74) is 5.24. The number of likely N-dealkylation sites (tertiary alicyclic amines) is 1. The number of carbonyl (C=O) groups excluding carboxylic acids is 3. The predicted octanol–water partition coefficient (Wildman–Crippen LogP) is 2.88. The highest BCUT2D eigenvalue weighted by atomic mass is 32.2. The summed E-state index contributed by atoms with van der Waals surface area (Å²) in [4.78, 5) is 44.5. The van der Waals surface area contributed by atoms with E-state index in [4.69, 9.17) is 10.2 Å². The van der Waals surface area contributed by atoms with E-state index >= 15 is 0 Å². The molecule has 238 valence electrons. The van der Waals surface area contributed by atoms with Crippen LogP contribution in [0.3, 0.4) is 0 Å². The van der Waals surface area contributed by atoms with E-state index in [2.05, 4.69) is 15.5 Å². The van der Waals surface area contributed by atoms with E-state index < -0.39 is 33.9 Å². The van der Waals surface area contributed by atoms with Crippen LogP contribution in [0.25, 0.3) is 0 Å². The molecule has 11 nitrogen and oxygen atoms in total. The van der Waals surface area contributed by atoms with Gasteiger partial charge in [-0.3, -0.25) is 19.8 Å². The fourth-order valence-electron chi connectivity index (χ4n) is 5.15. The number of amidine groups is 1. The molecule has 1 saturated heterocycles. The Morgan fingerprint density at radius 2 is 1.71 bits per heavy atom. The minimum absolute atomic E-state index is 0.0109. The summed E-state index contributed by atoms with van der Waals surface area (Å²) in [5.74, 6) is -1.77. The average molecular weight is 634 g/mol. The van der Waals surface area contributed by atoms with Crippen LogP contribution >= 0.6 is 0 Å². The molecule has 3 aromatic rings. The molecule has 0 bridgehead atoms. The van der Waals surface area contributed by atoms with Gasteiger partial charge in [-0.05, 0) is 61.9 Å².